The molecule has 4 rings (SSSR count). The number of amides is 1. The number of ether oxygens (including phenoxy) is 3. The van der Waals surface area contributed by atoms with Crippen LogP contribution in [0.2, 0.25) is 0 Å². The highest BCUT2D eigenvalue weighted by molar-refractivity contribution is 5.95. The van der Waals surface area contributed by atoms with Crippen LogP contribution in [-0.4, -0.2) is 32.1 Å². The zero-order chi connectivity index (χ0) is 24.6. The van der Waals surface area contributed by atoms with Gasteiger partial charge in [0.15, 0.2) is 11.5 Å². The lowest BCUT2D eigenvalue weighted by atomic mass is 9.95. The SMILES string of the molecule is COc1cccc(C(=O)N(Cc2ccc(OC)c(OC)c2)C(c2ccccc2)c2ccccc2)c1. The van der Waals surface area contributed by atoms with E-state index in [0.717, 1.165) is 16.7 Å². The second-order valence-corrected chi connectivity index (χ2v) is 8.08. The van der Waals surface area contributed by atoms with Crippen molar-refractivity contribution in [3.63, 3.8) is 0 Å². The molecule has 4 aromatic carbocycles. The van der Waals surface area contributed by atoms with Crippen molar-refractivity contribution in [1.29, 1.82) is 0 Å². The van der Waals surface area contributed by atoms with Gasteiger partial charge in [-0.05, 0) is 47.0 Å². The third kappa shape index (κ3) is 5.46. The van der Waals surface area contributed by atoms with E-state index in [4.69, 9.17) is 14.2 Å². The molecular formula is C30H29NO4. The van der Waals surface area contributed by atoms with Gasteiger partial charge in [-0.3, -0.25) is 4.79 Å². The van der Waals surface area contributed by atoms with Gasteiger partial charge >= 0.3 is 0 Å². The Kier molecular flexibility index (Phi) is 7.68. The standard InChI is InChI=1S/C30H29NO4/c1-33-26-16-10-15-25(20-26)30(32)31(21-22-17-18-27(34-2)28(19-22)35-3)29(23-11-6-4-7-12-23)24-13-8-5-9-14-24/h4-20,29H,21H2,1-3H3. The zero-order valence-corrected chi connectivity index (χ0v) is 20.2. The summed E-state index contributed by atoms with van der Waals surface area (Å²) in [4.78, 5) is 16.0. The average Bonchev–Trinajstić information content (AvgIpc) is 2.93. The van der Waals surface area contributed by atoms with Crippen LogP contribution >= 0.6 is 0 Å². The summed E-state index contributed by atoms with van der Waals surface area (Å²) < 4.78 is 16.3. The predicted molar refractivity (Wildman–Crippen MR) is 137 cm³/mol. The van der Waals surface area contributed by atoms with Crippen LogP contribution in [0.5, 0.6) is 17.2 Å². The lowest BCUT2D eigenvalue weighted by Crippen LogP contribution is -2.35. The van der Waals surface area contributed by atoms with Gasteiger partial charge in [-0.15, -0.1) is 0 Å². The molecule has 35 heavy (non-hydrogen) atoms. The van der Waals surface area contributed by atoms with Gasteiger partial charge in [0.25, 0.3) is 5.91 Å². The molecule has 0 atom stereocenters. The summed E-state index contributed by atoms with van der Waals surface area (Å²) in [5.41, 5.74) is 3.53. The maximum Gasteiger partial charge on any atom is 0.255 e. The van der Waals surface area contributed by atoms with E-state index in [2.05, 4.69) is 24.3 Å². The molecule has 5 heteroatoms. The number of methoxy groups -OCH3 is 3. The summed E-state index contributed by atoms with van der Waals surface area (Å²) in [6, 6.07) is 32.9. The van der Waals surface area contributed by atoms with Crippen LogP contribution in [0.15, 0.2) is 103 Å². The number of rotatable bonds is 9. The second kappa shape index (κ2) is 11.3. The number of nitrogens with zero attached hydrogens (tertiary/aromatic N) is 1. The van der Waals surface area contributed by atoms with Crippen LogP contribution in [0, 0.1) is 0 Å². The largest absolute Gasteiger partial charge is 0.497 e. The minimum atomic E-state index is -0.302. The Labute approximate surface area is 206 Å². The molecule has 0 fully saturated rings. The Bertz CT molecular complexity index is 1220. The molecule has 0 unspecified atom stereocenters. The van der Waals surface area contributed by atoms with Gasteiger partial charge in [-0.2, -0.15) is 0 Å². The molecule has 0 saturated heterocycles. The van der Waals surface area contributed by atoms with Crippen molar-refractivity contribution in [2.24, 2.45) is 0 Å². The molecule has 0 N–H and O–H groups in total. The van der Waals surface area contributed by atoms with E-state index in [9.17, 15) is 4.79 Å². The minimum Gasteiger partial charge on any atom is -0.497 e. The first-order chi connectivity index (χ1) is 17.1. The summed E-state index contributed by atoms with van der Waals surface area (Å²) in [5, 5.41) is 0. The highest BCUT2D eigenvalue weighted by atomic mass is 16.5. The van der Waals surface area contributed by atoms with E-state index < -0.39 is 0 Å². The third-order valence-electron chi connectivity index (χ3n) is 5.92. The molecule has 0 spiro atoms. The molecule has 0 aliphatic heterocycles. The zero-order valence-electron chi connectivity index (χ0n) is 20.2. The number of carbonyl (C=O) groups is 1. The van der Waals surface area contributed by atoms with E-state index >= 15 is 0 Å². The molecule has 1 amide bonds. The van der Waals surface area contributed by atoms with Crippen molar-refractivity contribution in [2.45, 2.75) is 12.6 Å². The molecule has 0 saturated carbocycles. The second-order valence-electron chi connectivity index (χ2n) is 8.08. The van der Waals surface area contributed by atoms with Crippen LogP contribution in [0.3, 0.4) is 0 Å². The Morgan fingerprint density at radius 1 is 0.686 bits per heavy atom. The van der Waals surface area contributed by atoms with E-state index in [1.54, 1.807) is 27.4 Å². The summed E-state index contributed by atoms with van der Waals surface area (Å²) in [7, 11) is 4.82. The Morgan fingerprint density at radius 2 is 1.31 bits per heavy atom. The molecule has 0 radical (unpaired) electrons. The van der Waals surface area contributed by atoms with Gasteiger partial charge < -0.3 is 19.1 Å². The van der Waals surface area contributed by atoms with Crippen molar-refractivity contribution in [3.8, 4) is 17.2 Å². The number of hydrogen-bond donors (Lipinski definition) is 0. The van der Waals surface area contributed by atoms with Crippen molar-refractivity contribution in [3.05, 3.63) is 125 Å². The van der Waals surface area contributed by atoms with Crippen LogP contribution < -0.4 is 14.2 Å². The Balaban J connectivity index is 1.84. The van der Waals surface area contributed by atoms with Gasteiger partial charge in [0.2, 0.25) is 0 Å². The fraction of sp³-hybridized carbons (Fsp3) is 0.167. The molecule has 5 nitrogen and oxygen atoms in total. The van der Waals surface area contributed by atoms with Crippen molar-refractivity contribution in [2.75, 3.05) is 21.3 Å². The third-order valence-corrected chi connectivity index (χ3v) is 5.92. The monoisotopic (exact) mass is 467 g/mol. The Hall–Kier alpha value is -4.25. The van der Waals surface area contributed by atoms with E-state index in [1.165, 1.54) is 0 Å². The smallest absolute Gasteiger partial charge is 0.255 e. The predicted octanol–water partition coefficient (Wildman–Crippen LogP) is 6.14. The summed E-state index contributed by atoms with van der Waals surface area (Å²) in [6.45, 7) is 0.366. The fourth-order valence-corrected chi connectivity index (χ4v) is 4.20. The van der Waals surface area contributed by atoms with E-state index in [1.807, 2.05) is 77.7 Å². The molecule has 0 aliphatic carbocycles. The van der Waals surface area contributed by atoms with Crippen LogP contribution in [0.25, 0.3) is 0 Å². The molecule has 0 bridgehead atoms. The Morgan fingerprint density at radius 3 is 1.89 bits per heavy atom. The molecule has 0 aromatic heterocycles. The van der Waals surface area contributed by atoms with Gasteiger partial charge in [0, 0.05) is 12.1 Å². The summed E-state index contributed by atoms with van der Waals surface area (Å²) >= 11 is 0. The molecular weight excluding hydrogens is 438 g/mol. The topological polar surface area (TPSA) is 48.0 Å². The van der Waals surface area contributed by atoms with Crippen LogP contribution in [0.4, 0.5) is 0 Å². The van der Waals surface area contributed by atoms with Crippen molar-refractivity contribution >= 4 is 5.91 Å². The molecule has 0 aliphatic rings. The number of carbonyl (C=O) groups excluding carboxylic acids is 1. The minimum absolute atomic E-state index is 0.101. The van der Waals surface area contributed by atoms with Gasteiger partial charge in [-0.25, -0.2) is 0 Å². The lowest BCUT2D eigenvalue weighted by Gasteiger charge is -2.33. The van der Waals surface area contributed by atoms with Crippen LogP contribution in [0.1, 0.15) is 33.1 Å². The van der Waals surface area contributed by atoms with E-state index in [-0.39, 0.29) is 11.9 Å². The van der Waals surface area contributed by atoms with Gasteiger partial charge in [-0.1, -0.05) is 72.8 Å². The fourth-order valence-electron chi connectivity index (χ4n) is 4.20. The normalized spacial score (nSPS) is 10.6. The highest BCUT2D eigenvalue weighted by Gasteiger charge is 2.28. The molecule has 4 aromatic rings. The molecule has 178 valence electrons. The van der Waals surface area contributed by atoms with Crippen molar-refractivity contribution in [1.82, 2.24) is 4.90 Å². The van der Waals surface area contributed by atoms with Crippen molar-refractivity contribution < 1.29 is 19.0 Å². The molecule has 0 heterocycles. The maximum atomic E-state index is 14.1. The average molecular weight is 468 g/mol. The van der Waals surface area contributed by atoms with Gasteiger partial charge in [0.05, 0.1) is 27.4 Å². The number of hydrogen-bond acceptors (Lipinski definition) is 4. The first kappa shape index (κ1) is 23.9. The van der Waals surface area contributed by atoms with E-state index in [0.29, 0.717) is 29.4 Å². The summed E-state index contributed by atoms with van der Waals surface area (Å²) in [5.74, 6) is 1.80. The van der Waals surface area contributed by atoms with Crippen LogP contribution in [-0.2, 0) is 6.54 Å². The lowest BCUT2D eigenvalue weighted by molar-refractivity contribution is 0.0690. The van der Waals surface area contributed by atoms with Gasteiger partial charge in [0.1, 0.15) is 5.75 Å². The number of benzene rings is 4. The quantitative estimate of drug-likeness (QED) is 0.296. The highest BCUT2D eigenvalue weighted by Crippen LogP contribution is 2.34. The first-order valence-corrected chi connectivity index (χ1v) is 11.4. The maximum absolute atomic E-state index is 14.1. The first-order valence-electron chi connectivity index (χ1n) is 11.4. The summed E-state index contributed by atoms with van der Waals surface area (Å²) in [6.07, 6.45) is 0.